The Labute approximate surface area is 124 Å². The zero-order valence-electron chi connectivity index (χ0n) is 12.2. The first kappa shape index (κ1) is 13.3. The Balaban J connectivity index is 1.53. The molecule has 0 spiro atoms. The lowest BCUT2D eigenvalue weighted by molar-refractivity contribution is -0.133. The van der Waals surface area contributed by atoms with Gasteiger partial charge in [0.05, 0.1) is 6.42 Å². The van der Waals surface area contributed by atoms with Crippen LogP contribution in [0.2, 0.25) is 0 Å². The molecule has 112 valence electrons. The molecule has 0 N–H and O–H groups in total. The molecule has 0 saturated carbocycles. The van der Waals surface area contributed by atoms with Gasteiger partial charge in [0.15, 0.2) is 0 Å². The summed E-state index contributed by atoms with van der Waals surface area (Å²) in [6.07, 6.45) is 2.59. The maximum absolute atomic E-state index is 13.8. The molecule has 0 aromatic heterocycles. The molecule has 4 atom stereocenters. The van der Waals surface area contributed by atoms with Gasteiger partial charge in [-0.2, -0.15) is 0 Å². The van der Waals surface area contributed by atoms with E-state index in [0.29, 0.717) is 17.5 Å². The molecule has 4 heteroatoms. The van der Waals surface area contributed by atoms with E-state index < -0.39 is 0 Å². The maximum Gasteiger partial charge on any atom is 0.227 e. The fourth-order valence-electron chi connectivity index (χ4n) is 4.50. The number of nitrogens with zero attached hydrogens (tertiary/aromatic N) is 2. The van der Waals surface area contributed by atoms with Crippen molar-refractivity contribution >= 4 is 5.91 Å². The Hall–Kier alpha value is -1.42. The molecule has 4 aliphatic rings. The first-order valence-corrected chi connectivity index (χ1v) is 7.94. The molecular weight excluding hydrogens is 267 g/mol. The number of fused-ring (bicyclic) bond motifs is 1. The van der Waals surface area contributed by atoms with Crippen LogP contribution in [0.5, 0.6) is 0 Å². The van der Waals surface area contributed by atoms with Gasteiger partial charge in [-0.3, -0.25) is 4.79 Å². The highest BCUT2D eigenvalue weighted by molar-refractivity contribution is 5.79. The summed E-state index contributed by atoms with van der Waals surface area (Å²) in [7, 11) is 0. The van der Waals surface area contributed by atoms with Gasteiger partial charge in [0.25, 0.3) is 0 Å². The topological polar surface area (TPSA) is 23.6 Å². The minimum Gasteiger partial charge on any atom is -0.338 e. The summed E-state index contributed by atoms with van der Waals surface area (Å²) in [6.45, 7) is 4.22. The largest absolute Gasteiger partial charge is 0.338 e. The lowest BCUT2D eigenvalue weighted by Gasteiger charge is -2.41. The van der Waals surface area contributed by atoms with Crippen LogP contribution in [-0.4, -0.2) is 47.9 Å². The van der Waals surface area contributed by atoms with Crippen LogP contribution in [0.15, 0.2) is 24.3 Å². The van der Waals surface area contributed by atoms with Crippen LogP contribution < -0.4 is 0 Å². The molecule has 4 aliphatic heterocycles. The molecule has 0 aliphatic carbocycles. The quantitative estimate of drug-likeness (QED) is 0.830. The first-order valence-electron chi connectivity index (χ1n) is 7.94. The van der Waals surface area contributed by atoms with E-state index in [1.807, 2.05) is 0 Å². The van der Waals surface area contributed by atoms with E-state index in [4.69, 9.17) is 0 Å². The van der Waals surface area contributed by atoms with Crippen LogP contribution >= 0.6 is 0 Å². The van der Waals surface area contributed by atoms with Crippen LogP contribution in [0.3, 0.4) is 0 Å². The zero-order valence-corrected chi connectivity index (χ0v) is 12.2. The summed E-state index contributed by atoms with van der Waals surface area (Å²) in [5.41, 5.74) is 0.520. The van der Waals surface area contributed by atoms with Gasteiger partial charge >= 0.3 is 0 Å². The lowest BCUT2D eigenvalue weighted by Crippen LogP contribution is -2.50. The van der Waals surface area contributed by atoms with Crippen molar-refractivity contribution in [3.63, 3.8) is 0 Å². The van der Waals surface area contributed by atoms with Crippen LogP contribution in [0.25, 0.3) is 0 Å². The second kappa shape index (κ2) is 5.09. The predicted octanol–water partition coefficient (Wildman–Crippen LogP) is 1.92. The van der Waals surface area contributed by atoms with Crippen molar-refractivity contribution in [1.82, 2.24) is 9.80 Å². The van der Waals surface area contributed by atoms with Gasteiger partial charge in [0.1, 0.15) is 5.82 Å². The van der Waals surface area contributed by atoms with E-state index in [0.717, 1.165) is 32.0 Å². The van der Waals surface area contributed by atoms with Gasteiger partial charge in [-0.25, -0.2) is 4.39 Å². The Kier molecular flexibility index (Phi) is 3.21. The van der Waals surface area contributed by atoms with Crippen LogP contribution in [0, 0.1) is 17.7 Å². The molecule has 21 heavy (non-hydrogen) atoms. The molecule has 4 bridgehead atoms. The third-order valence-corrected chi connectivity index (χ3v) is 5.29. The third kappa shape index (κ3) is 2.46. The summed E-state index contributed by atoms with van der Waals surface area (Å²) in [6, 6.07) is 6.97. The highest BCUT2D eigenvalue weighted by Crippen LogP contribution is 2.36. The van der Waals surface area contributed by atoms with E-state index in [-0.39, 0.29) is 18.1 Å². The monoisotopic (exact) mass is 288 g/mol. The summed E-state index contributed by atoms with van der Waals surface area (Å²) in [5.74, 6) is 1.20. The summed E-state index contributed by atoms with van der Waals surface area (Å²) in [4.78, 5) is 17.2. The van der Waals surface area contributed by atoms with Gasteiger partial charge < -0.3 is 9.80 Å². The number of carbonyl (C=O) groups is 1. The van der Waals surface area contributed by atoms with Gasteiger partial charge in [-0.05, 0) is 36.3 Å². The first-order chi connectivity index (χ1) is 10.2. The van der Waals surface area contributed by atoms with Gasteiger partial charge in [-0.1, -0.05) is 18.2 Å². The van der Waals surface area contributed by atoms with Crippen molar-refractivity contribution in [2.24, 2.45) is 11.8 Å². The number of piperidine rings is 2. The highest BCUT2D eigenvalue weighted by atomic mass is 19.1. The Morgan fingerprint density at radius 1 is 1.10 bits per heavy atom. The van der Waals surface area contributed by atoms with E-state index in [1.54, 1.807) is 18.2 Å². The molecule has 4 fully saturated rings. The number of halogens is 1. The fourth-order valence-corrected chi connectivity index (χ4v) is 4.50. The van der Waals surface area contributed by atoms with Crippen molar-refractivity contribution in [2.75, 3.05) is 26.2 Å². The van der Waals surface area contributed by atoms with Crippen LogP contribution in [0.4, 0.5) is 4.39 Å². The molecule has 5 rings (SSSR count). The molecular formula is C17H21FN2O. The van der Waals surface area contributed by atoms with Gasteiger partial charge in [0.2, 0.25) is 5.91 Å². The molecule has 1 amide bonds. The average molecular weight is 288 g/mol. The van der Waals surface area contributed by atoms with Crippen LogP contribution in [0.1, 0.15) is 18.4 Å². The van der Waals surface area contributed by atoms with E-state index >= 15 is 0 Å². The predicted molar refractivity (Wildman–Crippen MR) is 78.3 cm³/mol. The molecule has 1 aromatic rings. The number of amides is 1. The third-order valence-electron chi connectivity index (χ3n) is 5.29. The van der Waals surface area contributed by atoms with Crippen molar-refractivity contribution in [2.45, 2.75) is 25.3 Å². The zero-order chi connectivity index (χ0) is 14.4. The fraction of sp³-hybridized carbons (Fsp3) is 0.588. The molecule has 3 nitrogen and oxygen atoms in total. The summed E-state index contributed by atoms with van der Waals surface area (Å²) < 4.78 is 13.8. The standard InChI is InChI=1S/C17H21FN2O/c18-16-4-2-1-3-14(16)7-17(21)20-10-13-5-12-6-15(20)11-19(8-12)9-13/h1-4,12-13,15H,5-11H2. The van der Waals surface area contributed by atoms with Crippen molar-refractivity contribution in [1.29, 1.82) is 0 Å². The average Bonchev–Trinajstić information content (AvgIpc) is 2.65. The van der Waals surface area contributed by atoms with Crippen molar-refractivity contribution in [3.05, 3.63) is 35.6 Å². The van der Waals surface area contributed by atoms with Crippen LogP contribution in [-0.2, 0) is 11.2 Å². The molecule has 4 saturated heterocycles. The van der Waals surface area contributed by atoms with Crippen molar-refractivity contribution < 1.29 is 9.18 Å². The SMILES string of the molecule is O=C(Cc1ccccc1F)N1CC2CC3CC1CN(C3)C2. The number of rotatable bonds is 2. The van der Waals surface area contributed by atoms with Gasteiger partial charge in [-0.15, -0.1) is 0 Å². The second-order valence-corrected chi connectivity index (χ2v) is 6.89. The van der Waals surface area contributed by atoms with Gasteiger partial charge in [0, 0.05) is 32.2 Å². The molecule has 0 radical (unpaired) electrons. The lowest BCUT2D eigenvalue weighted by atomic mass is 9.84. The smallest absolute Gasteiger partial charge is 0.227 e. The number of hydrogen-bond donors (Lipinski definition) is 0. The van der Waals surface area contributed by atoms with E-state index in [9.17, 15) is 9.18 Å². The Morgan fingerprint density at radius 3 is 2.71 bits per heavy atom. The minimum absolute atomic E-state index is 0.0968. The van der Waals surface area contributed by atoms with Crippen molar-refractivity contribution in [3.8, 4) is 0 Å². The second-order valence-electron chi connectivity index (χ2n) is 6.89. The van der Waals surface area contributed by atoms with E-state index in [1.165, 1.54) is 19.0 Å². The normalized spacial score (nSPS) is 34.0. The highest BCUT2D eigenvalue weighted by Gasteiger charge is 2.42. The van der Waals surface area contributed by atoms with E-state index in [2.05, 4.69) is 9.80 Å². The Bertz CT molecular complexity index is 547. The number of benzene rings is 1. The maximum atomic E-state index is 13.8. The molecule has 1 aromatic carbocycles. The Morgan fingerprint density at radius 2 is 1.90 bits per heavy atom. The molecule has 4 unspecified atom stereocenters. The minimum atomic E-state index is -0.268. The molecule has 4 heterocycles. The number of carbonyl (C=O) groups excluding carboxylic acids is 1. The number of hydrogen-bond acceptors (Lipinski definition) is 2. The summed E-state index contributed by atoms with van der Waals surface area (Å²) in [5, 5.41) is 0. The summed E-state index contributed by atoms with van der Waals surface area (Å²) >= 11 is 0.